The number of halogens is 2. The van der Waals surface area contributed by atoms with Gasteiger partial charge in [-0.25, -0.2) is 18.4 Å². The third-order valence-corrected chi connectivity index (χ3v) is 8.52. The molecular weight excluding hydrogens is 710 g/mol. The summed E-state index contributed by atoms with van der Waals surface area (Å²) in [4.78, 5) is 58.8. The molecule has 1 heterocycles. The molecule has 54 heavy (non-hydrogen) atoms. The second kappa shape index (κ2) is 18.3. The van der Waals surface area contributed by atoms with Crippen molar-refractivity contribution in [2.75, 3.05) is 40.9 Å². The highest BCUT2D eigenvalue weighted by Gasteiger charge is 2.35. The highest BCUT2D eigenvalue weighted by Crippen LogP contribution is 2.30. The van der Waals surface area contributed by atoms with Gasteiger partial charge in [0.25, 0.3) is 5.91 Å². The lowest BCUT2D eigenvalue weighted by atomic mass is 9.96. The van der Waals surface area contributed by atoms with Crippen molar-refractivity contribution in [2.24, 2.45) is 0 Å². The fraction of sp³-hybridized carbons (Fsp3) is 0.436. The Bertz CT molecular complexity index is 1840. The van der Waals surface area contributed by atoms with Crippen LogP contribution < -0.4 is 14.8 Å². The van der Waals surface area contributed by atoms with E-state index in [4.69, 9.17) is 33.3 Å². The lowest BCUT2D eigenvalue weighted by molar-refractivity contribution is -0.144. The second-order valence-electron chi connectivity index (χ2n) is 13.7. The van der Waals surface area contributed by atoms with Crippen LogP contribution in [0.15, 0.2) is 42.5 Å². The predicted octanol–water partition coefficient (Wildman–Crippen LogP) is 6.37. The van der Waals surface area contributed by atoms with Gasteiger partial charge in [0.05, 0.1) is 18.2 Å². The summed E-state index contributed by atoms with van der Waals surface area (Å²) in [5.41, 5.74) is 1.00. The molecule has 2 atom stereocenters. The Balaban J connectivity index is 1.58. The highest BCUT2D eigenvalue weighted by molar-refractivity contribution is 6.11. The van der Waals surface area contributed by atoms with Gasteiger partial charge in [0.1, 0.15) is 28.8 Å². The average molecular weight is 757 g/mol. The zero-order valence-corrected chi connectivity index (χ0v) is 31.6. The lowest BCUT2D eigenvalue weighted by Crippen LogP contribution is -2.50. The quantitative estimate of drug-likeness (QED) is 0.117. The van der Waals surface area contributed by atoms with Crippen molar-refractivity contribution in [3.05, 3.63) is 93.0 Å². The number of hydrogen-bond donors (Lipinski definition) is 1. The summed E-state index contributed by atoms with van der Waals surface area (Å²) in [7, 11) is 2.84. The number of ketones is 1. The summed E-state index contributed by atoms with van der Waals surface area (Å²) in [6.45, 7) is 10.4. The molecule has 13 nitrogen and oxygen atoms in total. The molecule has 4 rings (SSSR count). The third kappa shape index (κ3) is 10.5. The zero-order valence-electron chi connectivity index (χ0n) is 31.6. The normalized spacial score (nSPS) is 16.2. The molecule has 1 aliphatic rings. The Kier molecular flexibility index (Phi) is 14.1. The Morgan fingerprint density at radius 2 is 1.48 bits per heavy atom. The summed E-state index contributed by atoms with van der Waals surface area (Å²) >= 11 is 0. The van der Waals surface area contributed by atoms with Gasteiger partial charge in [-0.15, -0.1) is 5.06 Å². The molecule has 0 saturated carbocycles. The van der Waals surface area contributed by atoms with Gasteiger partial charge < -0.3 is 38.6 Å². The summed E-state index contributed by atoms with van der Waals surface area (Å²) in [5, 5.41) is 4.35. The molecule has 292 valence electrons. The van der Waals surface area contributed by atoms with Gasteiger partial charge in [-0.3, -0.25) is 9.59 Å². The van der Waals surface area contributed by atoms with Crippen LogP contribution in [-0.4, -0.2) is 87.5 Å². The number of amides is 1. The molecule has 0 unspecified atom stereocenters. The molecule has 1 fully saturated rings. The average Bonchev–Trinajstić information content (AvgIpc) is 3.29. The van der Waals surface area contributed by atoms with Crippen LogP contribution in [-0.2, 0) is 23.8 Å². The van der Waals surface area contributed by atoms with Gasteiger partial charge >= 0.3 is 12.1 Å². The molecule has 0 aromatic heterocycles. The number of nitrogens with one attached hydrogen (secondary N) is 1. The SMILES string of the molecule is COCOc1cc(C)c(C(=O)N[C@@H]2CN(OC(=O)OC(C)(C)C)CCC[C@H]2OC(=O)c2ccc(C(=O)c3c(OCOC)ccc(F)c3F)cc2)c(C)c1C. The maximum absolute atomic E-state index is 14.8. The third-order valence-electron chi connectivity index (χ3n) is 8.52. The van der Waals surface area contributed by atoms with E-state index in [1.165, 1.54) is 43.5 Å². The van der Waals surface area contributed by atoms with E-state index in [0.717, 1.165) is 17.7 Å². The molecule has 0 spiro atoms. The Morgan fingerprint density at radius 3 is 2.11 bits per heavy atom. The van der Waals surface area contributed by atoms with Crippen molar-refractivity contribution in [2.45, 2.75) is 72.1 Å². The fourth-order valence-electron chi connectivity index (χ4n) is 5.84. The molecule has 3 aromatic carbocycles. The highest BCUT2D eigenvalue weighted by atomic mass is 19.2. The topological polar surface area (TPSA) is 148 Å². The fourth-order valence-corrected chi connectivity index (χ4v) is 5.84. The Hall–Kier alpha value is -5.12. The second-order valence-corrected chi connectivity index (χ2v) is 13.7. The molecule has 0 aliphatic carbocycles. The number of hydroxylamine groups is 2. The van der Waals surface area contributed by atoms with Crippen molar-refractivity contribution in [1.29, 1.82) is 0 Å². The first kappa shape index (κ1) is 41.6. The van der Waals surface area contributed by atoms with E-state index < -0.39 is 58.8 Å². The number of ether oxygens (including phenoxy) is 6. The van der Waals surface area contributed by atoms with Crippen molar-refractivity contribution in [1.82, 2.24) is 10.4 Å². The molecule has 15 heteroatoms. The van der Waals surface area contributed by atoms with E-state index in [1.54, 1.807) is 40.7 Å². The van der Waals surface area contributed by atoms with E-state index in [1.807, 2.05) is 6.92 Å². The van der Waals surface area contributed by atoms with Crippen LogP contribution in [0.1, 0.15) is 86.9 Å². The van der Waals surface area contributed by atoms with E-state index in [-0.39, 0.29) is 50.0 Å². The first-order valence-corrected chi connectivity index (χ1v) is 17.2. The number of benzene rings is 3. The number of methoxy groups -OCH3 is 2. The molecule has 1 N–H and O–H groups in total. The van der Waals surface area contributed by atoms with E-state index in [2.05, 4.69) is 5.32 Å². The van der Waals surface area contributed by atoms with E-state index in [0.29, 0.717) is 28.9 Å². The number of rotatable bonds is 13. The van der Waals surface area contributed by atoms with Crippen LogP contribution in [0.5, 0.6) is 11.5 Å². The van der Waals surface area contributed by atoms with Crippen LogP contribution in [0.2, 0.25) is 0 Å². The Labute approximate surface area is 312 Å². The first-order chi connectivity index (χ1) is 25.5. The Morgan fingerprint density at radius 1 is 0.852 bits per heavy atom. The number of esters is 1. The molecule has 1 aliphatic heterocycles. The molecule has 1 saturated heterocycles. The van der Waals surface area contributed by atoms with Crippen LogP contribution >= 0.6 is 0 Å². The molecular formula is C39H46F2N2O11. The number of carbonyl (C=O) groups is 4. The van der Waals surface area contributed by atoms with Gasteiger partial charge in [-0.2, -0.15) is 0 Å². The largest absolute Gasteiger partial charge is 0.528 e. The summed E-state index contributed by atoms with van der Waals surface area (Å²) in [5.74, 6) is -4.38. The molecule has 3 aromatic rings. The van der Waals surface area contributed by atoms with Crippen LogP contribution in [0, 0.1) is 32.4 Å². The number of nitrogens with zero attached hydrogens (tertiary/aromatic N) is 1. The standard InChI is InChI=1S/C39H46F2N2O11/c1-22-18-31(51-21-49-8)23(2)24(3)32(22)36(45)42-28-19-43(54-38(47)53-39(4,5)6)17-9-10-29(28)52-37(46)26-13-11-25(12-14-26)35(44)33-30(50-20-48-7)16-15-27(40)34(33)41/h11-16,18,28-29H,9-10,17,19-21H2,1-8H3,(H,42,45)/t28-,29-/m1/s1. The van der Waals surface area contributed by atoms with Gasteiger partial charge in [0.15, 0.2) is 31.0 Å². The van der Waals surface area contributed by atoms with Gasteiger partial charge in [0.2, 0.25) is 0 Å². The van der Waals surface area contributed by atoms with E-state index in [9.17, 15) is 28.0 Å². The van der Waals surface area contributed by atoms with Crippen molar-refractivity contribution in [3.8, 4) is 11.5 Å². The maximum Gasteiger partial charge on any atom is 0.528 e. The minimum Gasteiger partial charge on any atom is -0.467 e. The summed E-state index contributed by atoms with van der Waals surface area (Å²) in [6, 6.07) is 8.01. The number of hydrogen-bond acceptors (Lipinski definition) is 12. The molecule has 0 bridgehead atoms. The van der Waals surface area contributed by atoms with Crippen LogP contribution in [0.25, 0.3) is 0 Å². The maximum atomic E-state index is 14.8. The lowest BCUT2D eigenvalue weighted by Gasteiger charge is -2.29. The zero-order chi connectivity index (χ0) is 39.7. The smallest absolute Gasteiger partial charge is 0.467 e. The molecule has 1 amide bonds. The number of aryl methyl sites for hydroxylation is 1. The van der Waals surface area contributed by atoms with Crippen molar-refractivity contribution < 1.29 is 61.2 Å². The summed E-state index contributed by atoms with van der Waals surface area (Å²) in [6.07, 6.45) is -1.12. The van der Waals surface area contributed by atoms with Crippen LogP contribution in [0.4, 0.5) is 13.6 Å². The minimum absolute atomic E-state index is 0.0310. The monoisotopic (exact) mass is 756 g/mol. The minimum atomic E-state index is -1.39. The van der Waals surface area contributed by atoms with Crippen LogP contribution in [0.3, 0.4) is 0 Å². The first-order valence-electron chi connectivity index (χ1n) is 17.2. The summed E-state index contributed by atoms with van der Waals surface area (Å²) < 4.78 is 61.0. The number of carbonyl (C=O) groups excluding carboxylic acids is 4. The van der Waals surface area contributed by atoms with E-state index >= 15 is 0 Å². The van der Waals surface area contributed by atoms with Gasteiger partial charge in [-0.1, -0.05) is 12.1 Å². The predicted molar refractivity (Wildman–Crippen MR) is 190 cm³/mol. The molecule has 0 radical (unpaired) electrons. The van der Waals surface area contributed by atoms with Gasteiger partial charge in [-0.05, 0) is 101 Å². The van der Waals surface area contributed by atoms with Crippen molar-refractivity contribution >= 4 is 23.8 Å². The van der Waals surface area contributed by atoms with Crippen molar-refractivity contribution in [3.63, 3.8) is 0 Å². The van der Waals surface area contributed by atoms with Gasteiger partial charge in [0, 0.05) is 31.9 Å².